The zero-order valence-electron chi connectivity index (χ0n) is 9.36. The number of hydrogen-bond acceptors (Lipinski definition) is 5. The quantitative estimate of drug-likeness (QED) is 0.718. The molecule has 0 atom stereocenters. The number of fused-ring (bicyclic) bond motifs is 1. The number of alkyl halides is 3. The van der Waals surface area contributed by atoms with Crippen LogP contribution in [0.4, 0.5) is 19.1 Å². The van der Waals surface area contributed by atoms with E-state index in [0.29, 0.717) is 0 Å². The molecule has 3 N–H and O–H groups in total. The Morgan fingerprint density at radius 1 is 1.35 bits per heavy atom. The van der Waals surface area contributed by atoms with Gasteiger partial charge in [-0.2, -0.15) is 36.3 Å². The molecule has 0 spiro atoms. The van der Waals surface area contributed by atoms with Gasteiger partial charge in [0.15, 0.2) is 10.8 Å². The van der Waals surface area contributed by atoms with Crippen LogP contribution in [0, 0.1) is 0 Å². The Hall–Kier alpha value is -1.66. The van der Waals surface area contributed by atoms with Crippen LogP contribution in [0.1, 0.15) is 0 Å². The Labute approximate surface area is 115 Å². The second-order valence-electron chi connectivity index (χ2n) is 3.48. The molecule has 2 aromatic rings. The summed E-state index contributed by atoms with van der Waals surface area (Å²) in [6.07, 6.45) is -3.43. The van der Waals surface area contributed by atoms with Crippen LogP contribution in [-0.4, -0.2) is 41.1 Å². The lowest BCUT2D eigenvalue weighted by Gasteiger charge is -2.10. The number of nitrogens with one attached hydrogen (secondary N) is 3. The molecule has 110 valence electrons. The predicted molar refractivity (Wildman–Crippen MR) is 63.3 cm³/mol. The topological polar surface area (TPSA) is 113 Å². The predicted octanol–water partition coefficient (Wildman–Crippen LogP) is 0.815. The maximum atomic E-state index is 11.9. The van der Waals surface area contributed by atoms with Gasteiger partial charge >= 0.3 is 16.4 Å². The molecule has 2 heterocycles. The first-order valence-corrected chi connectivity index (χ1v) is 6.73. The first kappa shape index (κ1) is 14.7. The maximum Gasteiger partial charge on any atom is 0.402 e. The number of halogens is 4. The number of aromatic amines is 1. The van der Waals surface area contributed by atoms with Crippen molar-refractivity contribution in [3.05, 3.63) is 11.5 Å². The number of hydrogen-bond donors (Lipinski definition) is 3. The van der Waals surface area contributed by atoms with Crippen LogP contribution in [-0.2, 0) is 10.2 Å². The van der Waals surface area contributed by atoms with E-state index in [9.17, 15) is 21.6 Å². The average Bonchev–Trinajstić information content (AvgIpc) is 2.73. The largest absolute Gasteiger partial charge is 0.402 e. The summed E-state index contributed by atoms with van der Waals surface area (Å²) in [5.74, 6) is -0.496. The molecule has 0 bridgehead atoms. The molecule has 0 saturated heterocycles. The van der Waals surface area contributed by atoms with Gasteiger partial charge in [-0.3, -0.25) is 0 Å². The van der Waals surface area contributed by atoms with Gasteiger partial charge in [-0.25, -0.2) is 9.71 Å². The Morgan fingerprint density at radius 2 is 2.05 bits per heavy atom. The van der Waals surface area contributed by atoms with Gasteiger partial charge in [0, 0.05) is 0 Å². The minimum atomic E-state index is -4.68. The molecular formula is C7H6ClF3N6O2S. The van der Waals surface area contributed by atoms with Crippen molar-refractivity contribution in [1.82, 2.24) is 24.7 Å². The molecule has 13 heteroatoms. The summed E-state index contributed by atoms with van der Waals surface area (Å²) in [5, 5.41) is -0.124. The van der Waals surface area contributed by atoms with Crippen molar-refractivity contribution in [2.24, 2.45) is 0 Å². The minimum absolute atomic E-state index is 0.0681. The highest BCUT2D eigenvalue weighted by Crippen LogP contribution is 2.18. The van der Waals surface area contributed by atoms with Crippen LogP contribution in [0.2, 0.25) is 5.15 Å². The molecule has 20 heavy (non-hydrogen) atoms. The van der Waals surface area contributed by atoms with Crippen molar-refractivity contribution in [3.8, 4) is 0 Å². The number of H-pyrrole nitrogens is 1. The van der Waals surface area contributed by atoms with E-state index in [1.165, 1.54) is 11.0 Å². The molecule has 0 aromatic carbocycles. The second kappa shape index (κ2) is 5.03. The molecule has 0 fully saturated rings. The Balaban J connectivity index is 2.18. The Morgan fingerprint density at radius 3 is 2.70 bits per heavy atom. The fourth-order valence-electron chi connectivity index (χ4n) is 1.18. The van der Waals surface area contributed by atoms with Crippen LogP contribution in [0.3, 0.4) is 0 Å². The number of anilines is 1. The standard InChI is InChI=1S/C7H6ClF3N6O2S/c8-4-3-5(13-2-12-3)16-6(15-4)17-20(18,19)14-1-7(9,10)11/h2,14H,1H2,(H2,12,13,15,16,17). The molecule has 8 nitrogen and oxygen atoms in total. The summed E-state index contributed by atoms with van der Waals surface area (Å²) in [6.45, 7) is -1.72. The van der Waals surface area contributed by atoms with Gasteiger partial charge in [-0.1, -0.05) is 11.6 Å². The minimum Gasteiger partial charge on any atom is -0.341 e. The van der Waals surface area contributed by atoms with Crippen molar-refractivity contribution >= 4 is 38.9 Å². The molecular weight excluding hydrogens is 325 g/mol. The van der Waals surface area contributed by atoms with E-state index < -0.39 is 28.9 Å². The first-order valence-electron chi connectivity index (χ1n) is 4.87. The summed E-state index contributed by atoms with van der Waals surface area (Å²) in [6, 6.07) is 0. The van der Waals surface area contributed by atoms with Crippen molar-refractivity contribution in [2.75, 3.05) is 11.3 Å². The summed E-state index contributed by atoms with van der Waals surface area (Å²) in [7, 11) is -4.48. The lowest BCUT2D eigenvalue weighted by Crippen LogP contribution is -2.37. The smallest absolute Gasteiger partial charge is 0.341 e. The maximum absolute atomic E-state index is 11.9. The van der Waals surface area contributed by atoms with Crippen LogP contribution in [0.15, 0.2) is 6.33 Å². The molecule has 2 aromatic heterocycles. The average molecular weight is 331 g/mol. The molecule has 0 amide bonds. The van der Waals surface area contributed by atoms with Gasteiger partial charge < -0.3 is 4.98 Å². The van der Waals surface area contributed by atoms with Gasteiger partial charge in [0.1, 0.15) is 12.1 Å². The molecule has 2 rings (SSSR count). The number of rotatable bonds is 4. The molecule has 0 saturated carbocycles. The molecule has 0 aliphatic carbocycles. The van der Waals surface area contributed by atoms with Gasteiger partial charge in [0.25, 0.3) is 0 Å². The molecule has 0 unspecified atom stereocenters. The molecule has 0 aliphatic heterocycles. The van der Waals surface area contributed by atoms with Crippen molar-refractivity contribution in [2.45, 2.75) is 6.18 Å². The summed E-state index contributed by atoms with van der Waals surface area (Å²) in [4.78, 5) is 13.6. The van der Waals surface area contributed by atoms with Gasteiger partial charge in [0.05, 0.1) is 6.33 Å². The highest BCUT2D eigenvalue weighted by molar-refractivity contribution is 7.90. The van der Waals surface area contributed by atoms with E-state index in [4.69, 9.17) is 11.6 Å². The highest BCUT2D eigenvalue weighted by atomic mass is 35.5. The molecule has 0 aliphatic rings. The van der Waals surface area contributed by atoms with Gasteiger partial charge in [-0.15, -0.1) is 0 Å². The summed E-state index contributed by atoms with van der Waals surface area (Å²) < 4.78 is 61.5. The lowest BCUT2D eigenvalue weighted by atomic mass is 10.6. The number of imidazole rings is 1. The van der Waals surface area contributed by atoms with Crippen LogP contribution >= 0.6 is 11.6 Å². The normalized spacial score (nSPS) is 12.8. The third-order valence-electron chi connectivity index (χ3n) is 1.93. The van der Waals surface area contributed by atoms with E-state index in [2.05, 4.69) is 19.9 Å². The van der Waals surface area contributed by atoms with Crippen LogP contribution in [0.25, 0.3) is 11.2 Å². The summed E-state index contributed by atoms with van der Waals surface area (Å²) in [5.41, 5.74) is 0.344. The zero-order chi connectivity index (χ0) is 15.0. The third-order valence-corrected chi connectivity index (χ3v) is 3.18. The first-order chi connectivity index (χ1) is 9.16. The zero-order valence-corrected chi connectivity index (χ0v) is 10.9. The van der Waals surface area contributed by atoms with Gasteiger partial charge in [-0.05, 0) is 0 Å². The summed E-state index contributed by atoms with van der Waals surface area (Å²) >= 11 is 5.72. The van der Waals surface area contributed by atoms with E-state index in [0.717, 1.165) is 0 Å². The highest BCUT2D eigenvalue weighted by Gasteiger charge is 2.29. The SMILES string of the molecule is O=S(=O)(NCC(F)(F)F)Nc1nc(Cl)c2[nH]cnc2n1. The monoisotopic (exact) mass is 330 g/mol. The third kappa shape index (κ3) is 3.68. The Bertz CT molecular complexity index is 730. The van der Waals surface area contributed by atoms with Crippen molar-refractivity contribution in [1.29, 1.82) is 0 Å². The van der Waals surface area contributed by atoms with E-state index in [-0.39, 0.29) is 16.3 Å². The van der Waals surface area contributed by atoms with E-state index in [1.807, 2.05) is 0 Å². The molecule has 0 radical (unpaired) electrons. The van der Waals surface area contributed by atoms with E-state index in [1.54, 1.807) is 4.72 Å². The fraction of sp³-hybridized carbons (Fsp3) is 0.286. The fourth-order valence-corrected chi connectivity index (χ4v) is 2.15. The Kier molecular flexibility index (Phi) is 3.71. The van der Waals surface area contributed by atoms with Crippen molar-refractivity contribution < 1.29 is 21.6 Å². The van der Waals surface area contributed by atoms with E-state index >= 15 is 0 Å². The van der Waals surface area contributed by atoms with Crippen LogP contribution < -0.4 is 9.44 Å². The van der Waals surface area contributed by atoms with Crippen molar-refractivity contribution in [3.63, 3.8) is 0 Å². The number of nitrogens with zero attached hydrogens (tertiary/aromatic N) is 3. The van der Waals surface area contributed by atoms with Gasteiger partial charge in [0.2, 0.25) is 5.95 Å². The second-order valence-corrected chi connectivity index (χ2v) is 5.34. The lowest BCUT2D eigenvalue weighted by molar-refractivity contribution is -0.121. The number of aromatic nitrogens is 4. The van der Waals surface area contributed by atoms with Crippen LogP contribution in [0.5, 0.6) is 0 Å².